The van der Waals surface area contributed by atoms with Gasteiger partial charge in [0.25, 0.3) is 8.32 Å². The number of hydrogen-bond donors (Lipinski definition) is 2. The van der Waals surface area contributed by atoms with Crippen molar-refractivity contribution >= 4 is 24.7 Å². The van der Waals surface area contributed by atoms with Crippen molar-refractivity contribution in [2.24, 2.45) is 5.73 Å². The minimum atomic E-state index is -3.54. The van der Waals surface area contributed by atoms with Gasteiger partial charge in [0.05, 0.1) is 13.2 Å². The number of benzene rings is 3. The van der Waals surface area contributed by atoms with Crippen molar-refractivity contribution in [2.75, 3.05) is 6.61 Å². The Hall–Kier alpha value is -3.11. The van der Waals surface area contributed by atoms with E-state index in [0.29, 0.717) is 0 Å². The summed E-state index contributed by atoms with van der Waals surface area (Å²) in [7, 11) is -3.03. The third-order valence-electron chi connectivity index (χ3n) is 6.80. The largest absolute Gasteiger partial charge is 0.405 e. The van der Waals surface area contributed by atoms with E-state index in [9.17, 15) is 4.79 Å². The monoisotopic (exact) mass is 540 g/mol. The molecule has 1 aliphatic rings. The lowest BCUT2D eigenvalue weighted by molar-refractivity contribution is -0.141. The van der Waals surface area contributed by atoms with Crippen LogP contribution in [0.2, 0.25) is 5.04 Å². The first kappa shape index (κ1) is 27.9. The van der Waals surface area contributed by atoms with Gasteiger partial charge in [-0.3, -0.25) is 0 Å². The minimum Gasteiger partial charge on any atom is -0.405 e. The molecule has 3 atom stereocenters. The second kappa shape index (κ2) is 11.3. The van der Waals surface area contributed by atoms with Crippen LogP contribution in [0.4, 0.5) is 13.6 Å². The third-order valence-corrected chi connectivity index (χ3v) is 11.8. The van der Waals surface area contributed by atoms with Crippen LogP contribution < -0.4 is 21.4 Å². The Morgan fingerprint density at radius 3 is 1.92 bits per heavy atom. The number of primary amides is 1. The van der Waals surface area contributed by atoms with E-state index in [1.54, 1.807) is 12.1 Å². The third kappa shape index (κ3) is 5.66. The summed E-state index contributed by atoms with van der Waals surface area (Å²) < 4.78 is 49.3. The van der Waals surface area contributed by atoms with Gasteiger partial charge in [0, 0.05) is 0 Å². The van der Waals surface area contributed by atoms with E-state index < -0.39 is 38.7 Å². The van der Waals surface area contributed by atoms with E-state index in [4.69, 9.17) is 19.6 Å². The second-order valence-electron chi connectivity index (χ2n) is 10.4. The van der Waals surface area contributed by atoms with Crippen LogP contribution in [-0.4, -0.2) is 45.3 Å². The first-order chi connectivity index (χ1) is 18.1. The fourth-order valence-electron chi connectivity index (χ4n) is 5.07. The van der Waals surface area contributed by atoms with E-state index in [0.717, 1.165) is 15.9 Å². The summed E-state index contributed by atoms with van der Waals surface area (Å²) >= 11 is 0. The van der Waals surface area contributed by atoms with E-state index in [2.05, 4.69) is 20.8 Å². The normalized spacial score (nSPS) is 21.2. The van der Waals surface area contributed by atoms with Crippen LogP contribution in [-0.2, 0) is 20.5 Å². The first-order valence-electron chi connectivity index (χ1n) is 12.6. The van der Waals surface area contributed by atoms with Crippen molar-refractivity contribution in [1.29, 1.82) is 0 Å². The van der Waals surface area contributed by atoms with Gasteiger partial charge in [-0.2, -0.15) is 8.78 Å². The summed E-state index contributed by atoms with van der Waals surface area (Å²) in [6.07, 6.45) is -4.77. The van der Waals surface area contributed by atoms with Crippen LogP contribution in [0.1, 0.15) is 26.3 Å². The van der Waals surface area contributed by atoms with Crippen molar-refractivity contribution in [2.45, 2.75) is 56.8 Å². The molecule has 0 aliphatic carbocycles. The molecule has 0 saturated carbocycles. The van der Waals surface area contributed by atoms with Crippen LogP contribution in [0.5, 0.6) is 0 Å². The average molecular weight is 541 g/mol. The molecule has 3 N–H and O–H groups in total. The molecule has 4 rings (SSSR count). The number of carbonyl (C=O) groups is 1. The molecule has 2 amide bonds. The zero-order valence-electron chi connectivity index (χ0n) is 21.8. The molecule has 38 heavy (non-hydrogen) atoms. The second-order valence-corrected chi connectivity index (χ2v) is 14.7. The van der Waals surface area contributed by atoms with Crippen LogP contribution in [0.25, 0.3) is 0 Å². The average Bonchev–Trinajstić information content (AvgIpc) is 3.12. The Morgan fingerprint density at radius 2 is 1.45 bits per heavy atom. The van der Waals surface area contributed by atoms with Gasteiger partial charge in [0.15, 0.2) is 12.3 Å². The Balaban J connectivity index is 1.69. The maximum absolute atomic E-state index is 15.5. The molecule has 3 aromatic rings. The molecule has 0 aromatic heterocycles. The smallest absolute Gasteiger partial charge is 0.320 e. The molecular formula is C29H34F2N2O4Si. The molecule has 1 heterocycles. The molecule has 9 heteroatoms. The summed E-state index contributed by atoms with van der Waals surface area (Å²) in [6.45, 7) is 6.08. The number of ether oxygens (including phenoxy) is 2. The van der Waals surface area contributed by atoms with E-state index in [1.807, 2.05) is 84.2 Å². The van der Waals surface area contributed by atoms with Crippen LogP contribution in [0.3, 0.4) is 0 Å². The fraction of sp³-hybridized carbons (Fsp3) is 0.345. The fourth-order valence-corrected chi connectivity index (χ4v) is 9.64. The van der Waals surface area contributed by atoms with Crippen LogP contribution >= 0.6 is 0 Å². The molecule has 1 saturated heterocycles. The van der Waals surface area contributed by atoms with E-state index >= 15 is 8.78 Å². The van der Waals surface area contributed by atoms with Gasteiger partial charge in [0.2, 0.25) is 0 Å². The number of halogens is 2. The molecule has 202 valence electrons. The highest BCUT2D eigenvalue weighted by Gasteiger charge is 2.61. The first-order valence-corrected chi connectivity index (χ1v) is 14.5. The molecule has 0 bridgehead atoms. The van der Waals surface area contributed by atoms with Gasteiger partial charge >= 0.3 is 12.0 Å². The van der Waals surface area contributed by atoms with Gasteiger partial charge in [0.1, 0.15) is 6.10 Å². The van der Waals surface area contributed by atoms with Gasteiger partial charge in [-0.05, 0) is 21.0 Å². The van der Waals surface area contributed by atoms with Crippen molar-refractivity contribution in [1.82, 2.24) is 5.32 Å². The van der Waals surface area contributed by atoms with Crippen LogP contribution in [0, 0.1) is 0 Å². The van der Waals surface area contributed by atoms with Gasteiger partial charge in [-0.1, -0.05) is 112 Å². The lowest BCUT2D eigenvalue weighted by Crippen LogP contribution is -2.67. The van der Waals surface area contributed by atoms with Crippen molar-refractivity contribution in [3.63, 3.8) is 0 Å². The zero-order chi connectivity index (χ0) is 27.4. The SMILES string of the molecule is CC(C)(C)[Si](OC[C@H]1OC(NC(N)=O)C(F)(F)[C@@H]1OCc1ccccc1)(c1ccccc1)c1ccccc1. The molecule has 6 nitrogen and oxygen atoms in total. The predicted molar refractivity (Wildman–Crippen MR) is 145 cm³/mol. The number of urea groups is 1. The Labute approximate surface area is 223 Å². The quantitative estimate of drug-likeness (QED) is 0.399. The highest BCUT2D eigenvalue weighted by molar-refractivity contribution is 6.99. The number of rotatable bonds is 9. The van der Waals surface area contributed by atoms with Crippen molar-refractivity contribution in [3.05, 3.63) is 96.6 Å². The Kier molecular flexibility index (Phi) is 8.32. The maximum atomic E-state index is 15.5. The summed E-state index contributed by atoms with van der Waals surface area (Å²) in [4.78, 5) is 11.5. The van der Waals surface area contributed by atoms with Gasteiger partial charge < -0.3 is 25.0 Å². The minimum absolute atomic E-state index is 0.0521. The van der Waals surface area contributed by atoms with E-state index in [1.165, 1.54) is 0 Å². The standard InChI is InChI=1S/C29H34F2N2O4Si/c1-28(2,3)38(22-15-9-5-10-16-22,23-17-11-6-12-18-23)36-20-24-25(35-19-21-13-7-4-8-14-21)29(30,31)26(37-24)33-27(32)34/h4-18,24-26H,19-20H2,1-3H3,(H3,32,33,34)/t24-,25-,26?/m1/s1. The molecule has 1 unspecified atom stereocenters. The predicted octanol–water partition coefficient (Wildman–Crippen LogP) is 4.18. The lowest BCUT2D eigenvalue weighted by atomic mass is 10.1. The molecule has 1 aliphatic heterocycles. The van der Waals surface area contributed by atoms with Crippen molar-refractivity contribution < 1.29 is 27.5 Å². The number of amides is 2. The molecule has 3 aromatic carbocycles. The number of alkyl halides is 2. The molecule has 0 spiro atoms. The van der Waals surface area contributed by atoms with Gasteiger partial charge in [-0.15, -0.1) is 0 Å². The zero-order valence-corrected chi connectivity index (χ0v) is 22.8. The molecule has 1 fully saturated rings. The topological polar surface area (TPSA) is 82.8 Å². The number of nitrogens with two attached hydrogens (primary N) is 1. The highest BCUT2D eigenvalue weighted by Crippen LogP contribution is 2.40. The summed E-state index contributed by atoms with van der Waals surface area (Å²) in [5.74, 6) is -3.54. The van der Waals surface area contributed by atoms with E-state index in [-0.39, 0.29) is 18.3 Å². The lowest BCUT2D eigenvalue weighted by Gasteiger charge is -2.43. The van der Waals surface area contributed by atoms with Crippen LogP contribution in [0.15, 0.2) is 91.0 Å². The molecular weight excluding hydrogens is 506 g/mol. The van der Waals surface area contributed by atoms with Crippen molar-refractivity contribution in [3.8, 4) is 0 Å². The number of nitrogens with one attached hydrogen (secondary N) is 1. The summed E-state index contributed by atoms with van der Waals surface area (Å²) in [5.41, 5.74) is 5.91. The Morgan fingerprint density at radius 1 is 0.947 bits per heavy atom. The Bertz CT molecular complexity index is 1150. The molecule has 0 radical (unpaired) electrons. The summed E-state index contributed by atoms with van der Waals surface area (Å²) in [5, 5.41) is 3.69. The maximum Gasteiger partial charge on any atom is 0.320 e. The number of carbonyl (C=O) groups excluding carboxylic acids is 1. The number of hydrogen-bond acceptors (Lipinski definition) is 4. The summed E-state index contributed by atoms with van der Waals surface area (Å²) in [6, 6.07) is 27.7. The highest BCUT2D eigenvalue weighted by atomic mass is 28.4. The van der Waals surface area contributed by atoms with Gasteiger partial charge in [-0.25, -0.2) is 4.79 Å².